The maximum absolute atomic E-state index is 5.55. The van der Waals surface area contributed by atoms with Gasteiger partial charge in [-0.3, -0.25) is 5.32 Å². The molecule has 0 amide bonds. The van der Waals surface area contributed by atoms with E-state index in [4.69, 9.17) is 4.74 Å². The molecule has 52 valence electrons. The van der Waals surface area contributed by atoms with E-state index in [2.05, 4.69) is 12.2 Å². The molecule has 1 saturated carbocycles. The van der Waals surface area contributed by atoms with Crippen molar-refractivity contribution in [2.45, 2.75) is 25.5 Å². The second-order valence-corrected chi connectivity index (χ2v) is 3.16. The highest BCUT2D eigenvalue weighted by atomic mass is 16.5. The molecular weight excluding hydrogens is 114 g/mol. The monoisotopic (exact) mass is 127 g/mol. The van der Waals surface area contributed by atoms with Gasteiger partial charge in [-0.1, -0.05) is 0 Å². The molecule has 2 rings (SSSR count). The van der Waals surface area contributed by atoms with Gasteiger partial charge in [0, 0.05) is 12.5 Å². The van der Waals surface area contributed by atoms with E-state index in [9.17, 15) is 0 Å². The SMILES string of the molecule is CC1(C2CC2)NCCO1. The fourth-order valence-electron chi connectivity index (χ4n) is 1.51. The molecule has 0 radical (unpaired) electrons. The maximum atomic E-state index is 5.55. The van der Waals surface area contributed by atoms with E-state index < -0.39 is 0 Å². The normalized spacial score (nSPS) is 43.7. The van der Waals surface area contributed by atoms with Crippen LogP contribution in [0.2, 0.25) is 0 Å². The molecule has 2 fully saturated rings. The standard InChI is InChI=1S/C7H13NO/c1-7(6-2-3-6)8-4-5-9-7/h6,8H,2-5H2,1H3. The summed E-state index contributed by atoms with van der Waals surface area (Å²) in [6.07, 6.45) is 2.70. The van der Waals surface area contributed by atoms with Crippen LogP contribution in [0.4, 0.5) is 0 Å². The van der Waals surface area contributed by atoms with Crippen molar-refractivity contribution in [2.75, 3.05) is 13.2 Å². The smallest absolute Gasteiger partial charge is 0.119 e. The van der Waals surface area contributed by atoms with E-state index in [1.165, 1.54) is 12.8 Å². The van der Waals surface area contributed by atoms with Crippen LogP contribution in [0.25, 0.3) is 0 Å². The van der Waals surface area contributed by atoms with Gasteiger partial charge >= 0.3 is 0 Å². The summed E-state index contributed by atoms with van der Waals surface area (Å²) in [6.45, 7) is 4.09. The fraction of sp³-hybridized carbons (Fsp3) is 1.00. The van der Waals surface area contributed by atoms with Crippen LogP contribution in [-0.4, -0.2) is 18.9 Å². The van der Waals surface area contributed by atoms with Gasteiger partial charge in [0.2, 0.25) is 0 Å². The molecule has 9 heavy (non-hydrogen) atoms. The summed E-state index contributed by atoms with van der Waals surface area (Å²) in [6, 6.07) is 0. The zero-order valence-electron chi connectivity index (χ0n) is 5.81. The minimum atomic E-state index is 0.0556. The first kappa shape index (κ1) is 5.69. The van der Waals surface area contributed by atoms with Crippen LogP contribution < -0.4 is 5.32 Å². The van der Waals surface area contributed by atoms with Crippen LogP contribution in [0.3, 0.4) is 0 Å². The molecule has 2 nitrogen and oxygen atoms in total. The van der Waals surface area contributed by atoms with Gasteiger partial charge in [-0.25, -0.2) is 0 Å². The van der Waals surface area contributed by atoms with E-state index in [0.717, 1.165) is 19.1 Å². The quantitative estimate of drug-likeness (QED) is 0.560. The number of hydrogen-bond acceptors (Lipinski definition) is 2. The molecule has 1 aliphatic carbocycles. The molecule has 0 spiro atoms. The average molecular weight is 127 g/mol. The lowest BCUT2D eigenvalue weighted by Crippen LogP contribution is -2.39. The van der Waals surface area contributed by atoms with Crippen LogP contribution in [0.5, 0.6) is 0 Å². The van der Waals surface area contributed by atoms with Crippen LogP contribution in [0, 0.1) is 5.92 Å². The van der Waals surface area contributed by atoms with Gasteiger partial charge in [0.15, 0.2) is 0 Å². The molecule has 1 saturated heterocycles. The molecule has 0 aromatic rings. The Morgan fingerprint density at radius 3 is 2.78 bits per heavy atom. The number of hydrogen-bond donors (Lipinski definition) is 1. The molecular formula is C7H13NO. The number of nitrogens with one attached hydrogen (secondary N) is 1. The molecule has 2 heteroatoms. The highest BCUT2D eigenvalue weighted by molar-refractivity contribution is 4.93. The minimum Gasteiger partial charge on any atom is -0.359 e. The first-order valence-electron chi connectivity index (χ1n) is 3.70. The van der Waals surface area contributed by atoms with Gasteiger partial charge in [-0.05, 0) is 19.8 Å². The Morgan fingerprint density at radius 2 is 2.33 bits per heavy atom. The van der Waals surface area contributed by atoms with Crippen molar-refractivity contribution in [3.63, 3.8) is 0 Å². The van der Waals surface area contributed by atoms with Gasteiger partial charge in [-0.2, -0.15) is 0 Å². The Hall–Kier alpha value is -0.0800. The third-order valence-corrected chi connectivity index (χ3v) is 2.34. The van der Waals surface area contributed by atoms with Crippen molar-refractivity contribution in [2.24, 2.45) is 5.92 Å². The maximum Gasteiger partial charge on any atom is 0.119 e. The first-order valence-corrected chi connectivity index (χ1v) is 3.70. The van der Waals surface area contributed by atoms with Crippen LogP contribution in [0.1, 0.15) is 19.8 Å². The summed E-state index contributed by atoms with van der Waals surface area (Å²) in [5, 5.41) is 3.37. The zero-order chi connectivity index (χ0) is 6.32. The Labute approximate surface area is 55.6 Å². The van der Waals surface area contributed by atoms with Crippen molar-refractivity contribution in [1.29, 1.82) is 0 Å². The van der Waals surface area contributed by atoms with Gasteiger partial charge in [-0.15, -0.1) is 0 Å². The second kappa shape index (κ2) is 1.70. The third kappa shape index (κ3) is 0.864. The predicted molar refractivity (Wildman–Crippen MR) is 35.1 cm³/mol. The van der Waals surface area contributed by atoms with Crippen molar-refractivity contribution in [3.05, 3.63) is 0 Å². The molecule has 0 aromatic carbocycles. The van der Waals surface area contributed by atoms with Gasteiger partial charge in [0.05, 0.1) is 6.61 Å². The average Bonchev–Trinajstić information content (AvgIpc) is 2.60. The van der Waals surface area contributed by atoms with Crippen molar-refractivity contribution in [1.82, 2.24) is 5.32 Å². The van der Waals surface area contributed by atoms with Crippen LogP contribution in [-0.2, 0) is 4.74 Å². The zero-order valence-corrected chi connectivity index (χ0v) is 5.81. The van der Waals surface area contributed by atoms with Crippen LogP contribution >= 0.6 is 0 Å². The van der Waals surface area contributed by atoms with Crippen molar-refractivity contribution >= 4 is 0 Å². The van der Waals surface area contributed by atoms with Crippen molar-refractivity contribution < 1.29 is 4.74 Å². The van der Waals surface area contributed by atoms with Crippen molar-refractivity contribution in [3.8, 4) is 0 Å². The summed E-state index contributed by atoms with van der Waals surface area (Å²) in [7, 11) is 0. The number of rotatable bonds is 1. The predicted octanol–water partition coefficient (Wildman–Crippen LogP) is 0.732. The largest absolute Gasteiger partial charge is 0.359 e. The van der Waals surface area contributed by atoms with E-state index in [1.54, 1.807) is 0 Å². The van der Waals surface area contributed by atoms with Crippen LogP contribution in [0.15, 0.2) is 0 Å². The highest BCUT2D eigenvalue weighted by Crippen LogP contribution is 2.41. The molecule has 0 bridgehead atoms. The van der Waals surface area contributed by atoms with E-state index in [0.29, 0.717) is 0 Å². The summed E-state index contributed by atoms with van der Waals surface area (Å²) >= 11 is 0. The Morgan fingerprint density at radius 1 is 1.56 bits per heavy atom. The lowest BCUT2D eigenvalue weighted by molar-refractivity contribution is -0.0124. The molecule has 1 unspecified atom stereocenters. The molecule has 1 aliphatic heterocycles. The fourth-order valence-corrected chi connectivity index (χ4v) is 1.51. The topological polar surface area (TPSA) is 21.3 Å². The van der Waals surface area contributed by atoms with E-state index in [1.807, 2.05) is 0 Å². The number of ether oxygens (including phenoxy) is 1. The molecule has 2 aliphatic rings. The van der Waals surface area contributed by atoms with Gasteiger partial charge in [0.1, 0.15) is 5.72 Å². The van der Waals surface area contributed by atoms with E-state index in [-0.39, 0.29) is 5.72 Å². The summed E-state index contributed by atoms with van der Waals surface area (Å²) < 4.78 is 5.55. The Bertz CT molecular complexity index is 114. The summed E-state index contributed by atoms with van der Waals surface area (Å²) in [5.41, 5.74) is 0.0556. The van der Waals surface area contributed by atoms with E-state index >= 15 is 0 Å². The minimum absolute atomic E-state index is 0.0556. The van der Waals surface area contributed by atoms with Gasteiger partial charge < -0.3 is 4.74 Å². The third-order valence-electron chi connectivity index (χ3n) is 2.34. The molecule has 1 heterocycles. The van der Waals surface area contributed by atoms with Gasteiger partial charge in [0.25, 0.3) is 0 Å². The summed E-state index contributed by atoms with van der Waals surface area (Å²) in [5.74, 6) is 0.806. The highest BCUT2D eigenvalue weighted by Gasteiger charge is 2.44. The molecule has 0 aromatic heterocycles. The lowest BCUT2D eigenvalue weighted by Gasteiger charge is -2.22. The summed E-state index contributed by atoms with van der Waals surface area (Å²) in [4.78, 5) is 0. The first-order chi connectivity index (χ1) is 4.31. The second-order valence-electron chi connectivity index (χ2n) is 3.16. The Balaban J connectivity index is 2.02. The Kier molecular flexibility index (Phi) is 1.08. The molecule has 1 atom stereocenters. The lowest BCUT2D eigenvalue weighted by atomic mass is 10.1. The molecule has 1 N–H and O–H groups in total.